The van der Waals surface area contributed by atoms with Gasteiger partial charge in [0.25, 0.3) is 0 Å². The second-order valence-corrected chi connectivity index (χ2v) is 1.44. The number of rotatable bonds is 3. The van der Waals surface area contributed by atoms with Gasteiger partial charge in [0.1, 0.15) is 0 Å². The molecule has 0 fully saturated rings. The van der Waals surface area contributed by atoms with Crippen LogP contribution in [-0.4, -0.2) is 31.6 Å². The molecule has 0 aliphatic carbocycles. The molecular formula is C7H13O4Ti-. The summed E-state index contributed by atoms with van der Waals surface area (Å²) in [6, 6.07) is 0. The topological polar surface area (TPSA) is 55.8 Å². The molecule has 0 radical (unpaired) electrons. The summed E-state index contributed by atoms with van der Waals surface area (Å²) >= 11 is 0. The van der Waals surface area contributed by atoms with Crippen molar-refractivity contribution in [2.45, 2.75) is 6.29 Å². The van der Waals surface area contributed by atoms with Crippen LogP contribution in [0.15, 0.2) is 12.7 Å². The SMILES string of the molecule is C=CC(=O)O.[CH2-]C(OC)OC.[Ti]. The summed E-state index contributed by atoms with van der Waals surface area (Å²) in [7, 11) is 3.09. The Labute approximate surface area is 87.4 Å². The molecule has 0 bridgehead atoms. The molecule has 12 heavy (non-hydrogen) atoms. The predicted molar refractivity (Wildman–Crippen MR) is 41.0 cm³/mol. The van der Waals surface area contributed by atoms with E-state index < -0.39 is 5.97 Å². The van der Waals surface area contributed by atoms with Gasteiger partial charge < -0.3 is 14.6 Å². The minimum atomic E-state index is -0.981. The number of methoxy groups -OCH3 is 2. The monoisotopic (exact) mass is 209 g/mol. The molecule has 0 amide bonds. The summed E-state index contributed by atoms with van der Waals surface area (Å²) < 4.78 is 9.13. The molecule has 1 N–H and O–H groups in total. The van der Waals surface area contributed by atoms with Crippen molar-refractivity contribution < 1.29 is 41.1 Å². The Balaban J connectivity index is -0.000000126. The van der Waals surface area contributed by atoms with Crippen LogP contribution < -0.4 is 0 Å². The van der Waals surface area contributed by atoms with E-state index in [0.29, 0.717) is 0 Å². The Kier molecular flexibility index (Phi) is 19.9. The number of carboxylic acids is 1. The molecular weight excluding hydrogens is 196 g/mol. The fraction of sp³-hybridized carbons (Fsp3) is 0.429. The first-order valence-corrected chi connectivity index (χ1v) is 2.82. The average Bonchev–Trinajstić information content (AvgIpc) is 2.04. The molecule has 0 aliphatic heterocycles. The summed E-state index contributed by atoms with van der Waals surface area (Å²) in [5.74, 6) is -0.981. The predicted octanol–water partition coefficient (Wildman–Crippen LogP) is 0.694. The van der Waals surface area contributed by atoms with Gasteiger partial charge in [-0.25, -0.2) is 4.79 Å². The van der Waals surface area contributed by atoms with Crippen molar-refractivity contribution in [3.8, 4) is 0 Å². The van der Waals surface area contributed by atoms with Gasteiger partial charge in [-0.1, -0.05) is 6.58 Å². The van der Waals surface area contributed by atoms with Crippen molar-refractivity contribution in [2.24, 2.45) is 0 Å². The van der Waals surface area contributed by atoms with E-state index in [1.54, 1.807) is 14.2 Å². The molecule has 70 valence electrons. The van der Waals surface area contributed by atoms with E-state index >= 15 is 0 Å². The van der Waals surface area contributed by atoms with Gasteiger partial charge in [0.15, 0.2) is 0 Å². The normalized spacial score (nSPS) is 7.67. The molecule has 0 aromatic carbocycles. The van der Waals surface area contributed by atoms with Crippen LogP contribution in [0, 0.1) is 6.92 Å². The van der Waals surface area contributed by atoms with Crippen LogP contribution in [0.25, 0.3) is 0 Å². The standard InChI is InChI=1S/C4H9O2.C3H4O2.Ti/c1-4(5-2)6-3;1-2-3(4)5;/h4H,1H2,2-3H3;2H,1H2,(H,4,5);/q-1;;. The molecule has 0 unspecified atom stereocenters. The van der Waals surface area contributed by atoms with Crippen molar-refractivity contribution in [1.82, 2.24) is 0 Å². The van der Waals surface area contributed by atoms with Crippen molar-refractivity contribution in [1.29, 1.82) is 0 Å². The van der Waals surface area contributed by atoms with E-state index in [1.165, 1.54) is 0 Å². The number of ether oxygens (including phenoxy) is 2. The summed E-state index contributed by atoms with van der Waals surface area (Å²) in [6.45, 7) is 6.39. The first-order valence-electron chi connectivity index (χ1n) is 2.82. The molecule has 0 spiro atoms. The summed E-state index contributed by atoms with van der Waals surface area (Å²) in [5, 5.41) is 7.60. The van der Waals surface area contributed by atoms with Gasteiger partial charge in [-0.05, 0) is 0 Å². The summed E-state index contributed by atoms with van der Waals surface area (Å²) in [6.07, 6.45) is 0.519. The maximum absolute atomic E-state index is 9.25. The second-order valence-electron chi connectivity index (χ2n) is 1.44. The molecule has 0 saturated carbocycles. The third-order valence-electron chi connectivity index (χ3n) is 0.700. The Morgan fingerprint density at radius 2 is 1.83 bits per heavy atom. The number of carbonyl (C=O) groups is 1. The van der Waals surface area contributed by atoms with Gasteiger partial charge in [0.2, 0.25) is 0 Å². The number of carboxylic acid groups (broad SMARTS) is 1. The number of aliphatic carboxylic acids is 1. The van der Waals surface area contributed by atoms with Gasteiger partial charge in [0.05, 0.1) is 0 Å². The quantitative estimate of drug-likeness (QED) is 0.321. The van der Waals surface area contributed by atoms with Crippen LogP contribution in [0.1, 0.15) is 0 Å². The van der Waals surface area contributed by atoms with Gasteiger partial charge in [-0.3, -0.25) is 6.92 Å². The third-order valence-corrected chi connectivity index (χ3v) is 0.700. The van der Waals surface area contributed by atoms with E-state index in [4.69, 9.17) is 5.11 Å². The molecule has 0 atom stereocenters. The van der Waals surface area contributed by atoms with Gasteiger partial charge in [-0.15, -0.1) is 0 Å². The van der Waals surface area contributed by atoms with Gasteiger partial charge in [0, 0.05) is 48.3 Å². The average molecular weight is 209 g/mol. The first-order chi connectivity index (χ1) is 5.08. The Morgan fingerprint density at radius 1 is 1.58 bits per heavy atom. The second kappa shape index (κ2) is 13.4. The molecule has 0 aliphatic rings. The van der Waals surface area contributed by atoms with Crippen LogP contribution >= 0.6 is 0 Å². The van der Waals surface area contributed by atoms with Crippen molar-refractivity contribution >= 4 is 5.97 Å². The first kappa shape index (κ1) is 17.8. The van der Waals surface area contributed by atoms with Gasteiger partial charge in [-0.2, -0.15) is 0 Å². The summed E-state index contributed by atoms with van der Waals surface area (Å²) in [4.78, 5) is 9.25. The molecule has 0 saturated heterocycles. The van der Waals surface area contributed by atoms with E-state index in [9.17, 15) is 4.79 Å². The van der Waals surface area contributed by atoms with E-state index in [1.807, 2.05) is 0 Å². The molecule has 0 aromatic rings. The van der Waals surface area contributed by atoms with Crippen LogP contribution in [0.3, 0.4) is 0 Å². The number of hydrogen-bond acceptors (Lipinski definition) is 3. The molecule has 5 heteroatoms. The smallest absolute Gasteiger partial charge is 0.327 e. The van der Waals surface area contributed by atoms with Crippen molar-refractivity contribution in [2.75, 3.05) is 14.2 Å². The Morgan fingerprint density at radius 3 is 1.83 bits per heavy atom. The fourth-order valence-corrected chi connectivity index (χ4v) is 0.0962. The van der Waals surface area contributed by atoms with Crippen molar-refractivity contribution in [3.05, 3.63) is 19.6 Å². The number of hydrogen-bond donors (Lipinski definition) is 1. The minimum absolute atomic E-state index is 0. The van der Waals surface area contributed by atoms with E-state index in [0.717, 1.165) is 6.08 Å². The minimum Gasteiger partial charge on any atom is -0.478 e. The zero-order chi connectivity index (χ0) is 9.28. The van der Waals surface area contributed by atoms with E-state index in [2.05, 4.69) is 23.0 Å². The van der Waals surface area contributed by atoms with Crippen LogP contribution in [-0.2, 0) is 36.0 Å². The zero-order valence-electron chi connectivity index (χ0n) is 7.24. The van der Waals surface area contributed by atoms with Gasteiger partial charge >= 0.3 is 5.97 Å². The maximum atomic E-state index is 9.25. The summed E-state index contributed by atoms with van der Waals surface area (Å²) in [5.41, 5.74) is 0. The molecule has 0 aromatic heterocycles. The van der Waals surface area contributed by atoms with Crippen LogP contribution in [0.2, 0.25) is 0 Å². The largest absolute Gasteiger partial charge is 0.478 e. The van der Waals surface area contributed by atoms with Crippen molar-refractivity contribution in [3.63, 3.8) is 0 Å². The third kappa shape index (κ3) is 22.5. The molecule has 0 rings (SSSR count). The fourth-order valence-electron chi connectivity index (χ4n) is 0.0962. The zero-order valence-corrected chi connectivity index (χ0v) is 8.80. The molecule has 4 nitrogen and oxygen atoms in total. The Hall–Kier alpha value is -0.156. The maximum Gasteiger partial charge on any atom is 0.327 e. The van der Waals surface area contributed by atoms with E-state index in [-0.39, 0.29) is 28.0 Å². The van der Waals surface area contributed by atoms with Crippen LogP contribution in [0.4, 0.5) is 0 Å². The Bertz CT molecular complexity index is 112. The molecule has 0 heterocycles. The van der Waals surface area contributed by atoms with Crippen LogP contribution in [0.5, 0.6) is 0 Å².